The third kappa shape index (κ3) is 4.30. The van der Waals surface area contributed by atoms with Gasteiger partial charge in [0.2, 0.25) is 0 Å². The van der Waals surface area contributed by atoms with E-state index in [1.54, 1.807) is 14.2 Å². The van der Waals surface area contributed by atoms with Gasteiger partial charge in [-0.3, -0.25) is 9.48 Å². The van der Waals surface area contributed by atoms with Gasteiger partial charge in [-0.1, -0.05) is 6.07 Å². The van der Waals surface area contributed by atoms with Gasteiger partial charge in [-0.25, -0.2) is 0 Å². The van der Waals surface area contributed by atoms with Gasteiger partial charge in [-0.2, -0.15) is 16.9 Å². The van der Waals surface area contributed by atoms with Crippen molar-refractivity contribution in [1.29, 1.82) is 0 Å². The molecule has 1 aromatic carbocycles. The Bertz CT molecular complexity index is 908. The molecule has 1 amide bonds. The van der Waals surface area contributed by atoms with Crippen molar-refractivity contribution in [3.05, 3.63) is 40.7 Å². The molecule has 4 rings (SSSR count). The highest BCUT2D eigenvalue weighted by Gasteiger charge is 2.30. The number of ether oxygens (including phenoxy) is 2. The van der Waals surface area contributed by atoms with Crippen LogP contribution in [0.15, 0.2) is 18.2 Å². The minimum Gasteiger partial charge on any atom is -0.497 e. The number of nitrogens with one attached hydrogen (secondary N) is 1. The van der Waals surface area contributed by atoms with E-state index in [4.69, 9.17) is 9.47 Å². The van der Waals surface area contributed by atoms with Gasteiger partial charge in [0, 0.05) is 67.1 Å². The molecule has 2 aliphatic rings. The zero-order chi connectivity index (χ0) is 21.1. The van der Waals surface area contributed by atoms with E-state index >= 15 is 0 Å². The first kappa shape index (κ1) is 21.1. The van der Waals surface area contributed by atoms with E-state index in [1.165, 1.54) is 5.69 Å². The molecule has 0 saturated carbocycles. The molecule has 162 valence electrons. The van der Waals surface area contributed by atoms with Crippen LogP contribution in [-0.4, -0.2) is 65.4 Å². The lowest BCUT2D eigenvalue weighted by molar-refractivity contribution is 0.0764. The maximum Gasteiger partial charge on any atom is 0.274 e. The molecule has 1 atom stereocenters. The summed E-state index contributed by atoms with van der Waals surface area (Å²) in [6.07, 6.45) is 2.78. The normalized spacial score (nSPS) is 18.8. The van der Waals surface area contributed by atoms with Gasteiger partial charge in [-0.15, -0.1) is 0 Å². The van der Waals surface area contributed by atoms with E-state index in [-0.39, 0.29) is 5.91 Å². The molecule has 0 radical (unpaired) electrons. The van der Waals surface area contributed by atoms with E-state index < -0.39 is 0 Å². The Morgan fingerprint density at radius 3 is 2.80 bits per heavy atom. The van der Waals surface area contributed by atoms with Crippen molar-refractivity contribution in [1.82, 2.24) is 20.0 Å². The molecule has 1 N–H and O–H groups in total. The summed E-state index contributed by atoms with van der Waals surface area (Å²) in [5.74, 6) is 3.71. The number of carbonyl (C=O) groups excluding carboxylic acids is 1. The van der Waals surface area contributed by atoms with Crippen molar-refractivity contribution < 1.29 is 14.3 Å². The SMILES string of the molecule is COc1ccc(CNC2CCc3c(c(C(=O)N4CCSCC4)nn3C)C2)c(OC)c1. The molecule has 1 aromatic heterocycles. The van der Waals surface area contributed by atoms with Crippen LogP contribution in [0.2, 0.25) is 0 Å². The van der Waals surface area contributed by atoms with Gasteiger partial charge >= 0.3 is 0 Å². The highest BCUT2D eigenvalue weighted by molar-refractivity contribution is 7.99. The zero-order valence-corrected chi connectivity index (χ0v) is 18.8. The summed E-state index contributed by atoms with van der Waals surface area (Å²) in [4.78, 5) is 15.1. The van der Waals surface area contributed by atoms with E-state index in [0.717, 1.165) is 66.5 Å². The number of amides is 1. The Morgan fingerprint density at radius 2 is 2.07 bits per heavy atom. The Labute approximate surface area is 182 Å². The topological polar surface area (TPSA) is 68.6 Å². The predicted octanol–water partition coefficient (Wildman–Crippen LogP) is 2.27. The lowest BCUT2D eigenvalue weighted by Crippen LogP contribution is -2.39. The van der Waals surface area contributed by atoms with Gasteiger partial charge in [0.1, 0.15) is 11.5 Å². The maximum atomic E-state index is 13.1. The van der Waals surface area contributed by atoms with Crippen LogP contribution in [0.4, 0.5) is 0 Å². The second-order valence-corrected chi connectivity index (χ2v) is 9.03. The number of hydrogen-bond donors (Lipinski definition) is 1. The number of carbonyl (C=O) groups is 1. The second-order valence-electron chi connectivity index (χ2n) is 7.80. The summed E-state index contributed by atoms with van der Waals surface area (Å²) in [5.41, 5.74) is 4.06. The van der Waals surface area contributed by atoms with E-state index in [0.29, 0.717) is 18.3 Å². The summed E-state index contributed by atoms with van der Waals surface area (Å²) in [6, 6.07) is 6.20. The van der Waals surface area contributed by atoms with Crippen molar-refractivity contribution >= 4 is 17.7 Å². The first-order valence-electron chi connectivity index (χ1n) is 10.5. The van der Waals surface area contributed by atoms with Crippen molar-refractivity contribution in [3.8, 4) is 11.5 Å². The Morgan fingerprint density at radius 1 is 1.27 bits per heavy atom. The van der Waals surface area contributed by atoms with Crippen molar-refractivity contribution in [2.45, 2.75) is 31.8 Å². The average molecular weight is 431 g/mol. The van der Waals surface area contributed by atoms with Gasteiger partial charge in [-0.05, 0) is 25.3 Å². The number of aryl methyl sites for hydroxylation is 1. The van der Waals surface area contributed by atoms with Gasteiger partial charge < -0.3 is 19.7 Å². The zero-order valence-electron chi connectivity index (χ0n) is 17.9. The summed E-state index contributed by atoms with van der Waals surface area (Å²) in [5, 5.41) is 8.28. The first-order chi connectivity index (χ1) is 14.6. The number of rotatable bonds is 6. The number of hydrogen-bond acceptors (Lipinski definition) is 6. The molecular weight excluding hydrogens is 400 g/mol. The minimum atomic E-state index is 0.0876. The number of thioether (sulfide) groups is 1. The summed E-state index contributed by atoms with van der Waals surface area (Å²) < 4.78 is 12.7. The van der Waals surface area contributed by atoms with E-state index in [2.05, 4.69) is 10.4 Å². The fourth-order valence-corrected chi connectivity index (χ4v) is 5.21. The molecule has 1 fully saturated rings. The summed E-state index contributed by atoms with van der Waals surface area (Å²) in [6.45, 7) is 2.33. The fourth-order valence-electron chi connectivity index (χ4n) is 4.30. The van der Waals surface area contributed by atoms with Crippen LogP contribution >= 0.6 is 11.8 Å². The molecule has 0 bridgehead atoms. The lowest BCUT2D eigenvalue weighted by atomic mass is 9.91. The third-order valence-electron chi connectivity index (χ3n) is 6.03. The average Bonchev–Trinajstić information content (AvgIpc) is 3.13. The lowest BCUT2D eigenvalue weighted by Gasteiger charge is -2.27. The molecule has 1 saturated heterocycles. The van der Waals surface area contributed by atoms with Crippen LogP contribution in [0.25, 0.3) is 0 Å². The summed E-state index contributed by atoms with van der Waals surface area (Å²) in [7, 11) is 5.29. The largest absolute Gasteiger partial charge is 0.497 e. The maximum absolute atomic E-state index is 13.1. The van der Waals surface area contributed by atoms with Gasteiger partial charge in [0.15, 0.2) is 5.69 Å². The number of benzene rings is 1. The molecule has 1 aliphatic carbocycles. The van der Waals surface area contributed by atoms with E-state index in [9.17, 15) is 4.79 Å². The number of nitrogens with zero attached hydrogens (tertiary/aromatic N) is 3. The molecule has 1 aliphatic heterocycles. The summed E-state index contributed by atoms with van der Waals surface area (Å²) >= 11 is 1.91. The molecule has 1 unspecified atom stereocenters. The van der Waals surface area contributed by atoms with E-state index in [1.807, 2.05) is 46.6 Å². The molecule has 7 nitrogen and oxygen atoms in total. The standard InChI is InChI=1S/C22H30N4O3S/c1-25-19-7-5-16(23-14-15-4-6-17(28-2)13-20(15)29-3)12-18(19)21(24-25)22(27)26-8-10-30-11-9-26/h4,6,13,16,23H,5,7-12,14H2,1-3H3. The van der Waals surface area contributed by atoms with Crippen LogP contribution in [-0.2, 0) is 26.4 Å². The highest BCUT2D eigenvalue weighted by Crippen LogP contribution is 2.28. The molecule has 8 heteroatoms. The van der Waals surface area contributed by atoms with Crippen molar-refractivity contribution in [3.63, 3.8) is 0 Å². The number of aromatic nitrogens is 2. The van der Waals surface area contributed by atoms with Crippen LogP contribution in [0.1, 0.15) is 33.7 Å². The number of methoxy groups -OCH3 is 2. The van der Waals surface area contributed by atoms with Crippen LogP contribution in [0.5, 0.6) is 11.5 Å². The molecule has 2 aromatic rings. The Kier molecular flexibility index (Phi) is 6.53. The Balaban J connectivity index is 1.46. The Hall–Kier alpha value is -2.19. The van der Waals surface area contributed by atoms with Crippen LogP contribution in [0.3, 0.4) is 0 Å². The van der Waals surface area contributed by atoms with Gasteiger partial charge in [0.25, 0.3) is 5.91 Å². The second kappa shape index (κ2) is 9.31. The number of fused-ring (bicyclic) bond motifs is 1. The molecule has 2 heterocycles. The van der Waals surface area contributed by atoms with Crippen molar-refractivity contribution in [2.75, 3.05) is 38.8 Å². The molecule has 0 spiro atoms. The van der Waals surface area contributed by atoms with Crippen LogP contribution in [0, 0.1) is 0 Å². The van der Waals surface area contributed by atoms with Crippen molar-refractivity contribution in [2.24, 2.45) is 7.05 Å². The first-order valence-corrected chi connectivity index (χ1v) is 11.6. The monoisotopic (exact) mass is 430 g/mol. The quantitative estimate of drug-likeness (QED) is 0.758. The smallest absolute Gasteiger partial charge is 0.274 e. The molecular formula is C22H30N4O3S. The van der Waals surface area contributed by atoms with Crippen LogP contribution < -0.4 is 14.8 Å². The highest BCUT2D eigenvalue weighted by atomic mass is 32.2. The minimum absolute atomic E-state index is 0.0876. The predicted molar refractivity (Wildman–Crippen MR) is 119 cm³/mol. The third-order valence-corrected chi connectivity index (χ3v) is 6.97. The molecule has 30 heavy (non-hydrogen) atoms. The van der Waals surface area contributed by atoms with Gasteiger partial charge in [0.05, 0.1) is 14.2 Å². The fraction of sp³-hybridized carbons (Fsp3) is 0.545.